The lowest BCUT2D eigenvalue weighted by Crippen LogP contribution is -2.35. The molecule has 0 unspecified atom stereocenters. The van der Waals surface area contributed by atoms with Crippen LogP contribution in [0.2, 0.25) is 0 Å². The van der Waals surface area contributed by atoms with Crippen molar-refractivity contribution < 1.29 is 19.1 Å². The summed E-state index contributed by atoms with van der Waals surface area (Å²) in [4.78, 5) is 24.3. The summed E-state index contributed by atoms with van der Waals surface area (Å²) in [5.74, 6) is 0.201. The Morgan fingerprint density at radius 3 is 2.41 bits per heavy atom. The van der Waals surface area contributed by atoms with Crippen molar-refractivity contribution >= 4 is 34.0 Å². The fourth-order valence-corrected chi connectivity index (χ4v) is 3.03. The number of hydrazone groups is 1. The summed E-state index contributed by atoms with van der Waals surface area (Å²) in [5.41, 5.74) is 4.49. The molecule has 164 valence electrons. The van der Waals surface area contributed by atoms with E-state index < -0.39 is 11.8 Å². The number of nitrogens with zero attached hydrogens (tertiary/aromatic N) is 1. The van der Waals surface area contributed by atoms with E-state index >= 15 is 0 Å². The molecule has 0 aromatic heterocycles. The van der Waals surface area contributed by atoms with Gasteiger partial charge in [0.05, 0.1) is 25.4 Å². The molecule has 0 saturated carbocycles. The highest BCUT2D eigenvalue weighted by molar-refractivity contribution is 9.10. The molecule has 0 aliphatic rings. The minimum absolute atomic E-state index is 0.226. The Morgan fingerprint density at radius 1 is 0.969 bits per heavy atom. The molecule has 0 bridgehead atoms. The topological polar surface area (TPSA) is 89.0 Å². The van der Waals surface area contributed by atoms with Crippen LogP contribution in [0.15, 0.2) is 82.4 Å². The molecule has 0 fully saturated rings. The van der Waals surface area contributed by atoms with Crippen LogP contribution in [0.3, 0.4) is 0 Å². The van der Waals surface area contributed by atoms with Crippen molar-refractivity contribution in [2.45, 2.75) is 6.61 Å². The van der Waals surface area contributed by atoms with Crippen LogP contribution >= 0.6 is 15.9 Å². The Morgan fingerprint density at radius 2 is 1.66 bits per heavy atom. The van der Waals surface area contributed by atoms with Crippen molar-refractivity contribution in [2.24, 2.45) is 5.10 Å². The summed E-state index contributed by atoms with van der Waals surface area (Å²) in [7, 11) is 1.48. The second-order valence-electron chi connectivity index (χ2n) is 6.63. The number of rotatable bonds is 9. The summed E-state index contributed by atoms with van der Waals surface area (Å²) in [5, 5.41) is 6.51. The number of carbonyl (C=O) groups is 2. The van der Waals surface area contributed by atoms with E-state index in [4.69, 9.17) is 9.47 Å². The summed E-state index contributed by atoms with van der Waals surface area (Å²) in [6.07, 6.45) is 1.50. The molecule has 3 aromatic rings. The third-order valence-electron chi connectivity index (χ3n) is 4.38. The van der Waals surface area contributed by atoms with Gasteiger partial charge in [-0.3, -0.25) is 9.59 Å². The lowest BCUT2D eigenvalue weighted by molar-refractivity contribution is -0.120. The monoisotopic (exact) mass is 495 g/mol. The molecule has 2 amide bonds. The second-order valence-corrected chi connectivity index (χ2v) is 7.54. The van der Waals surface area contributed by atoms with Gasteiger partial charge in [-0.1, -0.05) is 52.3 Å². The number of ether oxygens (including phenoxy) is 2. The van der Waals surface area contributed by atoms with E-state index in [-0.39, 0.29) is 6.54 Å². The van der Waals surface area contributed by atoms with Crippen LogP contribution in [0.25, 0.3) is 0 Å². The lowest BCUT2D eigenvalue weighted by Gasteiger charge is -2.09. The van der Waals surface area contributed by atoms with Gasteiger partial charge in [0.25, 0.3) is 11.8 Å². The first-order valence-electron chi connectivity index (χ1n) is 9.76. The van der Waals surface area contributed by atoms with Gasteiger partial charge in [0.15, 0.2) is 0 Å². The average Bonchev–Trinajstić information content (AvgIpc) is 2.83. The molecule has 0 spiro atoms. The van der Waals surface area contributed by atoms with Crippen LogP contribution in [0.5, 0.6) is 11.5 Å². The van der Waals surface area contributed by atoms with Crippen LogP contribution < -0.4 is 20.2 Å². The maximum absolute atomic E-state index is 12.2. The van der Waals surface area contributed by atoms with Crippen molar-refractivity contribution in [3.63, 3.8) is 0 Å². The number of nitrogens with one attached hydrogen (secondary N) is 2. The molecule has 0 saturated heterocycles. The van der Waals surface area contributed by atoms with Crippen LogP contribution in [0.1, 0.15) is 21.5 Å². The molecule has 7 nitrogen and oxygen atoms in total. The molecule has 0 heterocycles. The highest BCUT2D eigenvalue weighted by Crippen LogP contribution is 2.19. The van der Waals surface area contributed by atoms with Crippen molar-refractivity contribution in [2.75, 3.05) is 13.7 Å². The van der Waals surface area contributed by atoms with Gasteiger partial charge < -0.3 is 14.8 Å². The Labute approximate surface area is 194 Å². The van der Waals surface area contributed by atoms with Crippen molar-refractivity contribution in [1.29, 1.82) is 0 Å². The third-order valence-corrected chi connectivity index (χ3v) is 4.91. The quantitative estimate of drug-likeness (QED) is 0.347. The Bertz CT molecular complexity index is 1100. The summed E-state index contributed by atoms with van der Waals surface area (Å²) < 4.78 is 12.0. The highest BCUT2D eigenvalue weighted by Gasteiger charge is 2.12. The molecule has 0 aliphatic carbocycles. The van der Waals surface area contributed by atoms with E-state index in [1.54, 1.807) is 24.3 Å². The molecule has 0 atom stereocenters. The SMILES string of the molecule is COc1ccccc1C(=O)NCC(=O)NN=Cc1ccccc1OCc1ccc(Br)cc1. The predicted molar refractivity (Wildman–Crippen MR) is 126 cm³/mol. The smallest absolute Gasteiger partial charge is 0.259 e. The third kappa shape index (κ3) is 6.68. The predicted octanol–water partition coefficient (Wildman–Crippen LogP) is 3.92. The zero-order valence-corrected chi connectivity index (χ0v) is 19.0. The molecule has 3 aromatic carbocycles. The van der Waals surface area contributed by atoms with E-state index in [0.717, 1.165) is 10.0 Å². The molecule has 0 aliphatic heterocycles. The number of para-hydroxylation sites is 2. The zero-order valence-electron chi connectivity index (χ0n) is 17.4. The number of benzene rings is 3. The first-order valence-corrected chi connectivity index (χ1v) is 10.6. The van der Waals surface area contributed by atoms with Gasteiger partial charge in [0.2, 0.25) is 0 Å². The molecule has 8 heteroatoms. The van der Waals surface area contributed by atoms with Crippen LogP contribution in [0.4, 0.5) is 0 Å². The van der Waals surface area contributed by atoms with Crippen molar-refractivity contribution in [3.05, 3.63) is 94.0 Å². The van der Waals surface area contributed by atoms with Gasteiger partial charge >= 0.3 is 0 Å². The number of hydrogen-bond donors (Lipinski definition) is 2. The number of hydrogen-bond acceptors (Lipinski definition) is 5. The highest BCUT2D eigenvalue weighted by atomic mass is 79.9. The van der Waals surface area contributed by atoms with E-state index in [2.05, 4.69) is 31.8 Å². The van der Waals surface area contributed by atoms with E-state index in [1.807, 2.05) is 48.5 Å². The van der Waals surface area contributed by atoms with Gasteiger partial charge in [-0.15, -0.1) is 0 Å². The number of carbonyl (C=O) groups excluding carboxylic acids is 2. The molecule has 0 radical (unpaired) electrons. The molecule has 32 heavy (non-hydrogen) atoms. The minimum atomic E-state index is -0.460. The standard InChI is InChI=1S/C24H22BrN3O4/c1-31-22-9-5-3-7-20(22)24(30)26-15-23(29)28-27-14-18-6-2-4-8-21(18)32-16-17-10-12-19(25)13-11-17/h2-14H,15-16H2,1H3,(H,26,30)(H,28,29). The summed E-state index contributed by atoms with van der Waals surface area (Å²) >= 11 is 3.41. The number of methoxy groups -OCH3 is 1. The van der Waals surface area contributed by atoms with Gasteiger partial charge in [0, 0.05) is 10.0 Å². The van der Waals surface area contributed by atoms with Gasteiger partial charge in [-0.05, 0) is 42.0 Å². The van der Waals surface area contributed by atoms with Gasteiger partial charge in [-0.2, -0.15) is 5.10 Å². The first kappa shape index (κ1) is 23.0. The number of halogens is 1. The minimum Gasteiger partial charge on any atom is -0.496 e. The zero-order chi connectivity index (χ0) is 22.8. The second kappa shape index (κ2) is 11.7. The Kier molecular flexibility index (Phi) is 8.39. The van der Waals surface area contributed by atoms with Gasteiger partial charge in [-0.25, -0.2) is 5.43 Å². The Balaban J connectivity index is 1.51. The molecule has 3 rings (SSSR count). The fourth-order valence-electron chi connectivity index (χ4n) is 2.76. The van der Waals surface area contributed by atoms with E-state index in [9.17, 15) is 9.59 Å². The van der Waals surface area contributed by atoms with E-state index in [1.165, 1.54) is 13.3 Å². The first-order chi connectivity index (χ1) is 15.6. The lowest BCUT2D eigenvalue weighted by atomic mass is 10.2. The largest absolute Gasteiger partial charge is 0.496 e. The number of amides is 2. The average molecular weight is 496 g/mol. The fraction of sp³-hybridized carbons (Fsp3) is 0.125. The van der Waals surface area contributed by atoms with Crippen LogP contribution in [0, 0.1) is 0 Å². The summed E-state index contributed by atoms with van der Waals surface area (Å²) in [6.45, 7) is 0.176. The molecular formula is C24H22BrN3O4. The normalized spacial score (nSPS) is 10.6. The van der Waals surface area contributed by atoms with Gasteiger partial charge in [0.1, 0.15) is 18.1 Å². The van der Waals surface area contributed by atoms with Crippen molar-refractivity contribution in [1.82, 2.24) is 10.7 Å². The molecular weight excluding hydrogens is 474 g/mol. The molecule has 2 N–H and O–H groups in total. The van der Waals surface area contributed by atoms with Crippen LogP contribution in [-0.4, -0.2) is 31.7 Å². The Hall–Kier alpha value is -3.65. The maximum atomic E-state index is 12.2. The van der Waals surface area contributed by atoms with Crippen molar-refractivity contribution in [3.8, 4) is 11.5 Å². The maximum Gasteiger partial charge on any atom is 0.259 e. The van der Waals surface area contributed by atoms with Crippen LogP contribution in [-0.2, 0) is 11.4 Å². The summed E-state index contributed by atoms with van der Waals surface area (Å²) in [6, 6.07) is 22.0. The van der Waals surface area contributed by atoms with E-state index in [0.29, 0.717) is 29.2 Å².